The van der Waals surface area contributed by atoms with Gasteiger partial charge in [0.25, 0.3) is 5.91 Å². The van der Waals surface area contributed by atoms with Crippen LogP contribution in [-0.2, 0) is 0 Å². The van der Waals surface area contributed by atoms with Crippen molar-refractivity contribution in [3.63, 3.8) is 0 Å². The number of nitrogens with one attached hydrogen (secondary N) is 1. The van der Waals surface area contributed by atoms with Crippen LogP contribution in [0.3, 0.4) is 0 Å². The van der Waals surface area contributed by atoms with Crippen LogP contribution < -0.4 is 5.32 Å². The topological polar surface area (TPSA) is 29.1 Å². The van der Waals surface area contributed by atoms with E-state index in [0.29, 0.717) is 0 Å². The van der Waals surface area contributed by atoms with Crippen LogP contribution in [0.4, 0.5) is 0 Å². The molecule has 1 aromatic rings. The van der Waals surface area contributed by atoms with Crippen LogP contribution in [-0.4, -0.2) is 12.5 Å². The molecule has 2 heteroatoms. The highest BCUT2D eigenvalue weighted by molar-refractivity contribution is 5.94. The van der Waals surface area contributed by atoms with Gasteiger partial charge in [0, 0.05) is 12.1 Å². The maximum atomic E-state index is 11.9. The van der Waals surface area contributed by atoms with E-state index in [1.807, 2.05) is 31.2 Å². The molecule has 0 heterocycles. The van der Waals surface area contributed by atoms with Crippen LogP contribution in [0.5, 0.6) is 0 Å². The molecule has 0 aliphatic heterocycles. The van der Waals surface area contributed by atoms with Gasteiger partial charge in [0.15, 0.2) is 0 Å². The van der Waals surface area contributed by atoms with E-state index in [-0.39, 0.29) is 5.91 Å². The number of unbranched alkanes of at least 4 members (excludes halogenated alkanes) is 9. The standard InChI is InChI=1S/C20H33NO/c1-3-4-5-6-7-8-9-10-11-12-17-21-20(22)19-15-13-18(2)14-16-19/h13-16H,3-12,17H2,1-2H3,(H,21,22). The minimum absolute atomic E-state index is 0.0518. The van der Waals surface area contributed by atoms with Crippen molar-refractivity contribution in [2.24, 2.45) is 0 Å². The van der Waals surface area contributed by atoms with Crippen LogP contribution in [0.25, 0.3) is 0 Å². The molecule has 0 aromatic heterocycles. The Morgan fingerprint density at radius 1 is 0.818 bits per heavy atom. The van der Waals surface area contributed by atoms with Crippen LogP contribution in [0, 0.1) is 6.92 Å². The highest BCUT2D eigenvalue weighted by Gasteiger charge is 2.03. The van der Waals surface area contributed by atoms with E-state index in [0.717, 1.165) is 18.5 Å². The molecule has 0 spiro atoms. The summed E-state index contributed by atoms with van der Waals surface area (Å²) in [6.07, 6.45) is 13.3. The van der Waals surface area contributed by atoms with Gasteiger partial charge in [-0.05, 0) is 25.5 Å². The van der Waals surface area contributed by atoms with Crippen molar-refractivity contribution in [3.05, 3.63) is 35.4 Å². The molecule has 22 heavy (non-hydrogen) atoms. The molecule has 0 atom stereocenters. The number of carbonyl (C=O) groups excluding carboxylic acids is 1. The first kappa shape index (κ1) is 18.7. The first-order valence-corrected chi connectivity index (χ1v) is 9.09. The molecule has 2 nitrogen and oxygen atoms in total. The van der Waals surface area contributed by atoms with Crippen LogP contribution in [0.2, 0.25) is 0 Å². The lowest BCUT2D eigenvalue weighted by molar-refractivity contribution is 0.0953. The van der Waals surface area contributed by atoms with Crippen molar-refractivity contribution in [2.45, 2.75) is 78.1 Å². The number of carbonyl (C=O) groups is 1. The summed E-state index contributed by atoms with van der Waals surface area (Å²) in [7, 11) is 0. The maximum Gasteiger partial charge on any atom is 0.251 e. The number of amides is 1. The normalized spacial score (nSPS) is 10.6. The van der Waals surface area contributed by atoms with E-state index in [9.17, 15) is 4.79 Å². The van der Waals surface area contributed by atoms with E-state index < -0.39 is 0 Å². The molecule has 1 aromatic carbocycles. The molecule has 0 aliphatic rings. The first-order chi connectivity index (χ1) is 10.7. The minimum Gasteiger partial charge on any atom is -0.352 e. The number of rotatable bonds is 12. The summed E-state index contributed by atoms with van der Waals surface area (Å²) in [5.74, 6) is 0.0518. The fourth-order valence-electron chi connectivity index (χ4n) is 2.62. The quantitative estimate of drug-likeness (QED) is 0.497. The van der Waals surface area contributed by atoms with Gasteiger partial charge in [0.1, 0.15) is 0 Å². The summed E-state index contributed by atoms with van der Waals surface area (Å²) in [4.78, 5) is 11.9. The third-order valence-corrected chi connectivity index (χ3v) is 4.13. The number of aryl methyl sites for hydroxylation is 1. The molecular weight excluding hydrogens is 270 g/mol. The number of hydrogen-bond acceptors (Lipinski definition) is 1. The molecule has 1 N–H and O–H groups in total. The van der Waals surface area contributed by atoms with Crippen molar-refractivity contribution < 1.29 is 4.79 Å². The Morgan fingerprint density at radius 3 is 1.86 bits per heavy atom. The Labute approximate surface area is 136 Å². The molecular formula is C20H33NO. The van der Waals surface area contributed by atoms with Crippen molar-refractivity contribution >= 4 is 5.91 Å². The lowest BCUT2D eigenvalue weighted by Crippen LogP contribution is -2.24. The summed E-state index contributed by atoms with van der Waals surface area (Å²) < 4.78 is 0. The van der Waals surface area contributed by atoms with Gasteiger partial charge < -0.3 is 5.32 Å². The molecule has 0 saturated heterocycles. The molecule has 0 unspecified atom stereocenters. The summed E-state index contributed by atoms with van der Waals surface area (Å²) in [5.41, 5.74) is 1.95. The number of hydrogen-bond donors (Lipinski definition) is 1. The Kier molecular flexibility index (Phi) is 10.4. The Morgan fingerprint density at radius 2 is 1.32 bits per heavy atom. The molecule has 1 rings (SSSR count). The summed E-state index contributed by atoms with van der Waals surface area (Å²) in [6, 6.07) is 7.75. The fraction of sp³-hybridized carbons (Fsp3) is 0.650. The molecule has 0 fully saturated rings. The summed E-state index contributed by atoms with van der Waals surface area (Å²) >= 11 is 0. The zero-order valence-corrected chi connectivity index (χ0v) is 14.5. The Bertz CT molecular complexity index is 397. The average Bonchev–Trinajstić information content (AvgIpc) is 2.53. The van der Waals surface area contributed by atoms with Gasteiger partial charge in [0.2, 0.25) is 0 Å². The second kappa shape index (κ2) is 12.3. The van der Waals surface area contributed by atoms with E-state index in [1.54, 1.807) is 0 Å². The highest BCUT2D eigenvalue weighted by atomic mass is 16.1. The predicted octanol–water partition coefficient (Wildman–Crippen LogP) is 5.65. The van der Waals surface area contributed by atoms with Gasteiger partial charge in [-0.1, -0.05) is 82.4 Å². The van der Waals surface area contributed by atoms with E-state index in [2.05, 4.69) is 12.2 Å². The second-order valence-electron chi connectivity index (χ2n) is 6.30. The van der Waals surface area contributed by atoms with E-state index in [1.165, 1.54) is 63.4 Å². The fourth-order valence-corrected chi connectivity index (χ4v) is 2.62. The zero-order chi connectivity index (χ0) is 16.0. The van der Waals surface area contributed by atoms with Crippen molar-refractivity contribution in [1.29, 1.82) is 0 Å². The predicted molar refractivity (Wildman–Crippen MR) is 95.4 cm³/mol. The van der Waals surface area contributed by atoms with Crippen LogP contribution >= 0.6 is 0 Å². The molecule has 0 saturated carbocycles. The second-order valence-corrected chi connectivity index (χ2v) is 6.30. The van der Waals surface area contributed by atoms with Gasteiger partial charge in [0.05, 0.1) is 0 Å². The molecule has 0 aliphatic carbocycles. The third kappa shape index (κ3) is 8.86. The summed E-state index contributed by atoms with van der Waals surface area (Å²) in [6.45, 7) is 5.09. The SMILES string of the molecule is CCCCCCCCCCCCNC(=O)c1ccc(C)cc1. The highest BCUT2D eigenvalue weighted by Crippen LogP contribution is 2.10. The van der Waals surface area contributed by atoms with Crippen molar-refractivity contribution in [2.75, 3.05) is 6.54 Å². The van der Waals surface area contributed by atoms with Gasteiger partial charge in [-0.2, -0.15) is 0 Å². The Balaban J connectivity index is 1.93. The monoisotopic (exact) mass is 303 g/mol. The van der Waals surface area contributed by atoms with E-state index in [4.69, 9.17) is 0 Å². The van der Waals surface area contributed by atoms with Gasteiger partial charge in [-0.25, -0.2) is 0 Å². The van der Waals surface area contributed by atoms with Crippen LogP contribution in [0.1, 0.15) is 87.1 Å². The first-order valence-electron chi connectivity index (χ1n) is 9.09. The van der Waals surface area contributed by atoms with Crippen molar-refractivity contribution in [3.8, 4) is 0 Å². The molecule has 0 radical (unpaired) electrons. The number of benzene rings is 1. The Hall–Kier alpha value is -1.31. The third-order valence-electron chi connectivity index (χ3n) is 4.13. The largest absolute Gasteiger partial charge is 0.352 e. The lowest BCUT2D eigenvalue weighted by atomic mass is 10.1. The molecule has 0 bridgehead atoms. The van der Waals surface area contributed by atoms with Crippen molar-refractivity contribution in [1.82, 2.24) is 5.32 Å². The lowest BCUT2D eigenvalue weighted by Gasteiger charge is -2.06. The van der Waals surface area contributed by atoms with Gasteiger partial charge in [-0.3, -0.25) is 4.79 Å². The summed E-state index contributed by atoms with van der Waals surface area (Å²) in [5, 5.41) is 3.00. The molecule has 1 amide bonds. The minimum atomic E-state index is 0.0518. The maximum absolute atomic E-state index is 11.9. The zero-order valence-electron chi connectivity index (χ0n) is 14.5. The van der Waals surface area contributed by atoms with Gasteiger partial charge in [-0.15, -0.1) is 0 Å². The molecule has 124 valence electrons. The average molecular weight is 303 g/mol. The van der Waals surface area contributed by atoms with Gasteiger partial charge >= 0.3 is 0 Å². The smallest absolute Gasteiger partial charge is 0.251 e. The van der Waals surface area contributed by atoms with Crippen LogP contribution in [0.15, 0.2) is 24.3 Å². The van der Waals surface area contributed by atoms with E-state index >= 15 is 0 Å².